The number of benzene rings is 2. The Labute approximate surface area is 129 Å². The average Bonchev–Trinajstić information content (AvgIpc) is 2.90. The van der Waals surface area contributed by atoms with E-state index in [1.54, 1.807) is 42.5 Å². The number of nitrogens with zero attached hydrogens (tertiary/aromatic N) is 4. The van der Waals surface area contributed by atoms with Crippen molar-refractivity contribution in [2.24, 2.45) is 0 Å². The number of rotatable bonds is 3. The highest BCUT2D eigenvalue weighted by molar-refractivity contribution is 5.76. The molecule has 4 rings (SSSR count). The van der Waals surface area contributed by atoms with E-state index < -0.39 is 5.76 Å². The van der Waals surface area contributed by atoms with Gasteiger partial charge in [0, 0.05) is 6.54 Å². The molecule has 23 heavy (non-hydrogen) atoms. The molecule has 0 aliphatic heterocycles. The zero-order chi connectivity index (χ0) is 15.8. The fourth-order valence-electron chi connectivity index (χ4n) is 2.59. The van der Waals surface area contributed by atoms with Crippen molar-refractivity contribution in [3.8, 4) is 0 Å². The van der Waals surface area contributed by atoms with Crippen LogP contribution >= 0.6 is 0 Å². The van der Waals surface area contributed by atoms with E-state index in [2.05, 4.69) is 10.3 Å². The highest BCUT2D eigenvalue weighted by Crippen LogP contribution is 2.11. The first-order valence-electron chi connectivity index (χ1n) is 7.15. The highest BCUT2D eigenvalue weighted by atomic mass is 16.4. The topological polar surface area (TPSA) is 82.9 Å². The predicted molar refractivity (Wildman–Crippen MR) is 84.3 cm³/mol. The van der Waals surface area contributed by atoms with Crippen molar-refractivity contribution in [2.45, 2.75) is 13.1 Å². The fourth-order valence-corrected chi connectivity index (χ4v) is 2.59. The quantitative estimate of drug-likeness (QED) is 0.571. The van der Waals surface area contributed by atoms with E-state index in [1.165, 1.54) is 9.25 Å². The van der Waals surface area contributed by atoms with Crippen LogP contribution in [0.4, 0.5) is 0 Å². The van der Waals surface area contributed by atoms with Crippen LogP contribution in [0.5, 0.6) is 0 Å². The fraction of sp³-hybridized carbons (Fsp3) is 0.125. The molecule has 0 saturated heterocycles. The maximum atomic E-state index is 12.4. The van der Waals surface area contributed by atoms with Gasteiger partial charge in [0.1, 0.15) is 5.52 Å². The van der Waals surface area contributed by atoms with Crippen LogP contribution in [0, 0.1) is 0 Å². The Balaban J connectivity index is 1.71. The summed E-state index contributed by atoms with van der Waals surface area (Å²) in [6.07, 6.45) is 0. The number of fused-ring (bicyclic) bond motifs is 2. The molecule has 0 aliphatic carbocycles. The molecule has 0 bridgehead atoms. The molecule has 0 N–H and O–H groups in total. The first-order chi connectivity index (χ1) is 11.2. The van der Waals surface area contributed by atoms with E-state index in [1.807, 2.05) is 6.07 Å². The predicted octanol–water partition coefficient (Wildman–Crippen LogP) is 1.40. The van der Waals surface area contributed by atoms with Gasteiger partial charge in [0.15, 0.2) is 5.58 Å². The number of para-hydroxylation sites is 2. The van der Waals surface area contributed by atoms with Gasteiger partial charge in [-0.1, -0.05) is 29.5 Å². The van der Waals surface area contributed by atoms with Crippen molar-refractivity contribution >= 4 is 22.0 Å². The Kier molecular flexibility index (Phi) is 3.04. The summed E-state index contributed by atoms with van der Waals surface area (Å²) in [5.74, 6) is -0.451. The van der Waals surface area contributed by atoms with Gasteiger partial charge >= 0.3 is 5.76 Å². The van der Waals surface area contributed by atoms with Gasteiger partial charge in [0.05, 0.1) is 17.4 Å². The van der Waals surface area contributed by atoms with E-state index in [0.29, 0.717) is 22.0 Å². The van der Waals surface area contributed by atoms with Gasteiger partial charge in [-0.05, 0) is 24.3 Å². The third-order valence-electron chi connectivity index (χ3n) is 3.74. The minimum atomic E-state index is -0.451. The Morgan fingerprint density at radius 2 is 1.74 bits per heavy atom. The molecule has 2 aromatic carbocycles. The first-order valence-corrected chi connectivity index (χ1v) is 7.15. The average molecular weight is 308 g/mol. The third kappa shape index (κ3) is 2.22. The number of aromatic nitrogens is 4. The molecule has 0 amide bonds. The van der Waals surface area contributed by atoms with Crippen LogP contribution in [0.15, 0.2) is 62.5 Å². The summed E-state index contributed by atoms with van der Waals surface area (Å²) in [7, 11) is 0. The molecule has 0 unspecified atom stereocenters. The molecule has 0 atom stereocenters. The van der Waals surface area contributed by atoms with Crippen LogP contribution in [0.2, 0.25) is 0 Å². The zero-order valence-electron chi connectivity index (χ0n) is 12.0. The van der Waals surface area contributed by atoms with Crippen LogP contribution in [0.1, 0.15) is 0 Å². The lowest BCUT2D eigenvalue weighted by molar-refractivity contribution is 0.454. The monoisotopic (exact) mass is 308 g/mol. The van der Waals surface area contributed by atoms with Crippen LogP contribution < -0.4 is 11.3 Å². The second-order valence-corrected chi connectivity index (χ2v) is 5.12. The van der Waals surface area contributed by atoms with Crippen LogP contribution in [-0.2, 0) is 13.1 Å². The lowest BCUT2D eigenvalue weighted by Crippen LogP contribution is -2.28. The van der Waals surface area contributed by atoms with E-state index in [-0.39, 0.29) is 18.6 Å². The number of aryl methyl sites for hydroxylation is 2. The normalized spacial score (nSPS) is 11.3. The molecule has 0 fully saturated rings. The van der Waals surface area contributed by atoms with E-state index in [9.17, 15) is 9.59 Å². The molecule has 7 nitrogen and oxygen atoms in total. The lowest BCUT2D eigenvalue weighted by Gasteiger charge is -2.05. The van der Waals surface area contributed by atoms with Crippen molar-refractivity contribution in [2.75, 3.05) is 0 Å². The summed E-state index contributed by atoms with van der Waals surface area (Å²) >= 11 is 0. The van der Waals surface area contributed by atoms with Gasteiger partial charge in [0.25, 0.3) is 5.56 Å². The van der Waals surface area contributed by atoms with Crippen molar-refractivity contribution in [3.63, 3.8) is 0 Å². The van der Waals surface area contributed by atoms with Crippen LogP contribution in [0.25, 0.3) is 22.0 Å². The molecular formula is C16H12N4O3. The number of hydrogen-bond donors (Lipinski definition) is 0. The van der Waals surface area contributed by atoms with Crippen LogP contribution in [-0.4, -0.2) is 19.6 Å². The second-order valence-electron chi connectivity index (χ2n) is 5.12. The lowest BCUT2D eigenvalue weighted by atomic mass is 10.2. The van der Waals surface area contributed by atoms with E-state index in [4.69, 9.17) is 4.42 Å². The van der Waals surface area contributed by atoms with Gasteiger partial charge in [-0.15, -0.1) is 5.10 Å². The Bertz CT molecular complexity index is 1120. The van der Waals surface area contributed by atoms with Crippen molar-refractivity contribution in [1.29, 1.82) is 0 Å². The van der Waals surface area contributed by atoms with E-state index >= 15 is 0 Å². The molecule has 0 saturated carbocycles. The largest absolute Gasteiger partial charge is 0.420 e. The SMILES string of the molecule is O=c1c2ccccc2nnn1CCn1c(=O)oc2ccccc21. The minimum absolute atomic E-state index is 0.226. The summed E-state index contributed by atoms with van der Waals surface area (Å²) in [5, 5.41) is 8.46. The third-order valence-corrected chi connectivity index (χ3v) is 3.74. The van der Waals surface area contributed by atoms with Gasteiger partial charge in [0.2, 0.25) is 0 Å². The Morgan fingerprint density at radius 3 is 2.65 bits per heavy atom. The van der Waals surface area contributed by atoms with Gasteiger partial charge in [-0.25, -0.2) is 9.48 Å². The van der Waals surface area contributed by atoms with Crippen molar-refractivity contribution in [1.82, 2.24) is 19.6 Å². The summed E-state index contributed by atoms with van der Waals surface area (Å²) in [6.45, 7) is 0.517. The molecular weight excluding hydrogens is 296 g/mol. The number of hydrogen-bond acceptors (Lipinski definition) is 5. The minimum Gasteiger partial charge on any atom is -0.408 e. The summed E-state index contributed by atoms with van der Waals surface area (Å²) < 4.78 is 7.92. The van der Waals surface area contributed by atoms with Gasteiger partial charge < -0.3 is 4.42 Å². The van der Waals surface area contributed by atoms with Crippen molar-refractivity contribution < 1.29 is 4.42 Å². The molecule has 114 valence electrons. The van der Waals surface area contributed by atoms with Crippen LogP contribution in [0.3, 0.4) is 0 Å². The van der Waals surface area contributed by atoms with Gasteiger partial charge in [-0.3, -0.25) is 9.36 Å². The highest BCUT2D eigenvalue weighted by Gasteiger charge is 2.10. The summed E-state index contributed by atoms with van der Waals surface area (Å²) in [4.78, 5) is 24.3. The molecule has 2 heterocycles. The zero-order valence-corrected chi connectivity index (χ0v) is 12.0. The summed E-state index contributed by atoms with van der Waals surface area (Å²) in [5.41, 5.74) is 1.55. The van der Waals surface area contributed by atoms with E-state index in [0.717, 1.165) is 0 Å². The molecule has 0 aliphatic rings. The molecule has 0 radical (unpaired) electrons. The first kappa shape index (κ1) is 13.4. The van der Waals surface area contributed by atoms with Crippen molar-refractivity contribution in [3.05, 3.63) is 69.4 Å². The molecule has 4 aromatic rings. The Hall–Kier alpha value is -3.22. The maximum absolute atomic E-state index is 12.4. The number of oxazole rings is 1. The maximum Gasteiger partial charge on any atom is 0.420 e. The standard InChI is InChI=1S/C16H12N4O3/c21-15-11-5-1-2-6-12(11)17-18-20(15)10-9-19-13-7-3-4-8-14(13)23-16(19)22/h1-8H,9-10H2. The second kappa shape index (κ2) is 5.20. The smallest absolute Gasteiger partial charge is 0.408 e. The summed E-state index contributed by atoms with van der Waals surface area (Å²) in [6, 6.07) is 14.2. The molecule has 2 aromatic heterocycles. The van der Waals surface area contributed by atoms with Gasteiger partial charge in [-0.2, -0.15) is 0 Å². The molecule has 0 spiro atoms. The molecule has 7 heteroatoms. The Morgan fingerprint density at radius 1 is 0.957 bits per heavy atom.